The summed E-state index contributed by atoms with van der Waals surface area (Å²) in [5, 5.41) is 3.42. The first-order valence-corrected chi connectivity index (χ1v) is 7.62. The number of hydrogen-bond donors (Lipinski definition) is 0. The van der Waals surface area contributed by atoms with E-state index in [-0.39, 0.29) is 11.6 Å². The number of nitrogens with zero attached hydrogens (tertiary/aromatic N) is 2. The molecular weight excluding hydrogens is 280 g/mol. The first-order valence-electron chi connectivity index (χ1n) is 6.74. The Morgan fingerprint density at radius 2 is 1.76 bits per heavy atom. The molecule has 4 rings (SSSR count). The number of benzene rings is 2. The van der Waals surface area contributed by atoms with Crippen molar-refractivity contribution in [2.24, 2.45) is 0 Å². The molecule has 2 aromatic carbocycles. The van der Waals surface area contributed by atoms with E-state index in [4.69, 9.17) is 0 Å². The molecule has 1 aromatic heterocycles. The van der Waals surface area contributed by atoms with E-state index in [0.29, 0.717) is 5.39 Å². The minimum absolute atomic E-state index is 0.0699. The van der Waals surface area contributed by atoms with E-state index >= 15 is 0 Å². The number of allylic oxidation sites excluding steroid dienone is 1. The molecule has 1 aliphatic rings. The Morgan fingerprint density at radius 1 is 1.00 bits per heavy atom. The Balaban J connectivity index is 2.05. The van der Waals surface area contributed by atoms with Crippen LogP contribution in [-0.4, -0.2) is 9.55 Å². The van der Waals surface area contributed by atoms with Gasteiger partial charge in [-0.15, -0.1) is 0 Å². The van der Waals surface area contributed by atoms with Crippen LogP contribution >= 0.6 is 11.8 Å². The second-order valence-electron chi connectivity index (χ2n) is 4.89. The molecule has 3 aromatic rings. The maximum absolute atomic E-state index is 12.1. The lowest BCUT2D eigenvalue weighted by Gasteiger charge is -2.25. The van der Waals surface area contributed by atoms with Crippen molar-refractivity contribution in [3.05, 3.63) is 82.0 Å². The largest absolute Gasteiger partial charge is 0.309 e. The van der Waals surface area contributed by atoms with E-state index in [1.807, 2.05) is 47.9 Å². The van der Waals surface area contributed by atoms with Crippen molar-refractivity contribution >= 4 is 22.7 Å². The highest BCUT2D eigenvalue weighted by Gasteiger charge is 2.21. The molecule has 0 N–H and O–H groups in total. The third-order valence-corrected chi connectivity index (χ3v) is 4.44. The zero-order valence-electron chi connectivity index (χ0n) is 11.1. The fourth-order valence-electron chi connectivity index (χ4n) is 2.69. The zero-order valence-corrected chi connectivity index (χ0v) is 12.0. The molecular formula is C17H12N2OS. The van der Waals surface area contributed by atoms with Crippen molar-refractivity contribution in [2.45, 2.75) is 11.2 Å². The summed E-state index contributed by atoms with van der Waals surface area (Å²) in [6.45, 7) is 0. The summed E-state index contributed by atoms with van der Waals surface area (Å²) in [5.74, 6) is 0. The van der Waals surface area contributed by atoms with Gasteiger partial charge in [-0.3, -0.25) is 4.79 Å². The van der Waals surface area contributed by atoms with Crippen molar-refractivity contribution in [3.8, 4) is 0 Å². The summed E-state index contributed by atoms with van der Waals surface area (Å²) >= 11 is 1.49. The van der Waals surface area contributed by atoms with Gasteiger partial charge in [0.15, 0.2) is 5.16 Å². The molecule has 1 aliphatic heterocycles. The molecule has 0 bridgehead atoms. The number of aromatic nitrogens is 2. The van der Waals surface area contributed by atoms with Gasteiger partial charge in [0, 0.05) is 0 Å². The van der Waals surface area contributed by atoms with Crippen LogP contribution in [0.2, 0.25) is 0 Å². The lowest BCUT2D eigenvalue weighted by atomic mass is 10.1. The number of para-hydroxylation sites is 1. The molecule has 0 radical (unpaired) electrons. The molecule has 0 fully saturated rings. The summed E-state index contributed by atoms with van der Waals surface area (Å²) in [6.07, 6.45) is 2.14. The van der Waals surface area contributed by atoms with Crippen molar-refractivity contribution in [1.82, 2.24) is 9.55 Å². The van der Waals surface area contributed by atoms with Crippen molar-refractivity contribution < 1.29 is 0 Å². The minimum atomic E-state index is -0.161. The summed E-state index contributed by atoms with van der Waals surface area (Å²) in [4.78, 5) is 16.4. The Kier molecular flexibility index (Phi) is 2.89. The molecule has 0 spiro atoms. The number of thioether (sulfide) groups is 1. The van der Waals surface area contributed by atoms with E-state index in [9.17, 15) is 4.79 Å². The standard InChI is InChI=1S/C17H12N2OS/c20-16-13-8-4-5-9-15(13)19-14(10-11-21-17(19)18-16)12-6-2-1-3-7-12/h1-11,14H. The molecule has 4 heteroatoms. The number of hydrogen-bond acceptors (Lipinski definition) is 3. The summed E-state index contributed by atoms with van der Waals surface area (Å²) in [5.41, 5.74) is 1.95. The van der Waals surface area contributed by atoms with E-state index in [0.717, 1.165) is 10.7 Å². The fraction of sp³-hybridized carbons (Fsp3) is 0.0588. The second-order valence-corrected chi connectivity index (χ2v) is 5.76. The quantitative estimate of drug-likeness (QED) is 0.643. The molecule has 0 saturated carbocycles. The van der Waals surface area contributed by atoms with Crippen LogP contribution in [0.5, 0.6) is 0 Å². The first kappa shape index (κ1) is 12.4. The third kappa shape index (κ3) is 1.99. The van der Waals surface area contributed by atoms with Gasteiger partial charge in [0.05, 0.1) is 16.9 Å². The average molecular weight is 292 g/mol. The van der Waals surface area contributed by atoms with Gasteiger partial charge >= 0.3 is 0 Å². The van der Waals surface area contributed by atoms with E-state index in [1.165, 1.54) is 17.3 Å². The summed E-state index contributed by atoms with van der Waals surface area (Å²) in [6, 6.07) is 18.0. The predicted molar refractivity (Wildman–Crippen MR) is 85.6 cm³/mol. The maximum Gasteiger partial charge on any atom is 0.281 e. The van der Waals surface area contributed by atoms with Crippen LogP contribution in [-0.2, 0) is 0 Å². The molecule has 1 unspecified atom stereocenters. The van der Waals surface area contributed by atoms with Crippen LogP contribution in [0.3, 0.4) is 0 Å². The highest BCUT2D eigenvalue weighted by atomic mass is 32.2. The Bertz CT molecular complexity index is 900. The number of fused-ring (bicyclic) bond motifs is 3. The third-order valence-electron chi connectivity index (χ3n) is 3.65. The molecule has 1 atom stereocenters. The number of rotatable bonds is 1. The lowest BCUT2D eigenvalue weighted by Crippen LogP contribution is -2.21. The molecule has 0 saturated heterocycles. The van der Waals surface area contributed by atoms with Gasteiger partial charge in [-0.2, -0.15) is 4.98 Å². The fourth-order valence-corrected chi connectivity index (χ4v) is 3.50. The van der Waals surface area contributed by atoms with Gasteiger partial charge in [-0.25, -0.2) is 0 Å². The van der Waals surface area contributed by atoms with Crippen molar-refractivity contribution in [2.75, 3.05) is 0 Å². The van der Waals surface area contributed by atoms with Crippen molar-refractivity contribution in [1.29, 1.82) is 0 Å². The Labute approximate surface area is 126 Å². The molecule has 0 aliphatic carbocycles. The molecule has 102 valence electrons. The normalized spacial score (nSPS) is 16.9. The van der Waals surface area contributed by atoms with Crippen LogP contribution in [0.1, 0.15) is 11.6 Å². The maximum atomic E-state index is 12.1. The first-order chi connectivity index (χ1) is 10.3. The average Bonchev–Trinajstić information content (AvgIpc) is 2.55. The van der Waals surface area contributed by atoms with Crippen LogP contribution < -0.4 is 5.56 Å². The predicted octanol–water partition coefficient (Wildman–Crippen LogP) is 3.61. The van der Waals surface area contributed by atoms with Gasteiger partial charge in [-0.05, 0) is 23.1 Å². The van der Waals surface area contributed by atoms with Crippen molar-refractivity contribution in [3.63, 3.8) is 0 Å². The van der Waals surface area contributed by atoms with Gasteiger partial charge < -0.3 is 4.57 Å². The van der Waals surface area contributed by atoms with Crippen LogP contribution in [0, 0.1) is 0 Å². The lowest BCUT2D eigenvalue weighted by molar-refractivity contribution is 0.623. The Hall–Kier alpha value is -2.33. The van der Waals surface area contributed by atoms with Crippen LogP contribution in [0.15, 0.2) is 76.0 Å². The van der Waals surface area contributed by atoms with Gasteiger partial charge in [-0.1, -0.05) is 60.3 Å². The van der Waals surface area contributed by atoms with Gasteiger partial charge in [0.2, 0.25) is 0 Å². The molecule has 3 nitrogen and oxygen atoms in total. The highest BCUT2D eigenvalue weighted by molar-refractivity contribution is 8.02. The van der Waals surface area contributed by atoms with Crippen LogP contribution in [0.25, 0.3) is 10.9 Å². The minimum Gasteiger partial charge on any atom is -0.309 e. The zero-order chi connectivity index (χ0) is 14.2. The van der Waals surface area contributed by atoms with Gasteiger partial charge in [0.1, 0.15) is 0 Å². The topological polar surface area (TPSA) is 34.9 Å². The van der Waals surface area contributed by atoms with E-state index in [1.54, 1.807) is 0 Å². The summed E-state index contributed by atoms with van der Waals surface area (Å²) < 4.78 is 2.14. The van der Waals surface area contributed by atoms with Crippen LogP contribution in [0.4, 0.5) is 0 Å². The molecule has 0 amide bonds. The summed E-state index contributed by atoms with van der Waals surface area (Å²) in [7, 11) is 0. The monoisotopic (exact) mass is 292 g/mol. The SMILES string of the molecule is O=c1nc2n(c3ccccc13)C(c1ccccc1)C=CS2. The van der Waals surface area contributed by atoms with Gasteiger partial charge in [0.25, 0.3) is 5.56 Å². The van der Waals surface area contributed by atoms with E-state index < -0.39 is 0 Å². The Morgan fingerprint density at radius 3 is 2.62 bits per heavy atom. The van der Waals surface area contributed by atoms with E-state index in [2.05, 4.69) is 27.8 Å². The smallest absolute Gasteiger partial charge is 0.281 e. The highest BCUT2D eigenvalue weighted by Crippen LogP contribution is 2.34. The second kappa shape index (κ2) is 4.90. The molecule has 21 heavy (non-hydrogen) atoms. The molecule has 2 heterocycles.